The second kappa shape index (κ2) is 10.1. The highest BCUT2D eigenvalue weighted by Crippen LogP contribution is 2.38. The molecule has 0 aromatic heterocycles. The summed E-state index contributed by atoms with van der Waals surface area (Å²) in [6.45, 7) is 4.24. The summed E-state index contributed by atoms with van der Waals surface area (Å²) in [6.07, 6.45) is 3.74. The third-order valence-electron chi connectivity index (χ3n) is 5.77. The van der Waals surface area contributed by atoms with Gasteiger partial charge in [0.15, 0.2) is 5.11 Å². The molecule has 2 aliphatic rings. The van der Waals surface area contributed by atoms with Crippen LogP contribution in [-0.2, 0) is 9.59 Å². The molecule has 34 heavy (non-hydrogen) atoms. The fraction of sp³-hybridized carbons (Fsp3) is 0.320. The van der Waals surface area contributed by atoms with Gasteiger partial charge in [0, 0.05) is 30.8 Å². The van der Waals surface area contributed by atoms with Crippen molar-refractivity contribution in [2.75, 3.05) is 43.7 Å². The lowest BCUT2D eigenvalue weighted by molar-refractivity contribution is -0.122. The van der Waals surface area contributed by atoms with Gasteiger partial charge in [0.1, 0.15) is 22.8 Å². The molecule has 0 atom stereocenters. The molecule has 2 heterocycles. The van der Waals surface area contributed by atoms with Crippen LogP contribution in [0.25, 0.3) is 6.08 Å². The molecule has 0 spiro atoms. The number of ether oxygens (including phenoxy) is 3. The molecule has 2 amide bonds. The second-order valence-electron chi connectivity index (χ2n) is 7.85. The second-order valence-corrected chi connectivity index (χ2v) is 8.24. The van der Waals surface area contributed by atoms with E-state index in [2.05, 4.69) is 10.2 Å². The van der Waals surface area contributed by atoms with E-state index in [1.165, 1.54) is 11.0 Å². The van der Waals surface area contributed by atoms with Gasteiger partial charge in [-0.15, -0.1) is 0 Å². The Kier molecular flexibility index (Phi) is 7.02. The minimum atomic E-state index is -0.572. The molecule has 9 heteroatoms. The fourth-order valence-corrected chi connectivity index (χ4v) is 4.43. The van der Waals surface area contributed by atoms with Gasteiger partial charge in [0.25, 0.3) is 11.8 Å². The molecule has 0 bridgehead atoms. The van der Waals surface area contributed by atoms with Crippen LogP contribution in [0.3, 0.4) is 0 Å². The van der Waals surface area contributed by atoms with Gasteiger partial charge in [0.05, 0.1) is 32.2 Å². The standard InChI is InChI=1S/C25H27N3O5S/c1-4-33-18-9-7-8-17(14-18)28-24(30)19(23(29)26-25(28)34)12-16-13-22(32-3)20(15-21(16)31-2)27-10-5-6-11-27/h7-9,12-15H,4-6,10-11H2,1-3H3,(H,26,29,34)/b19-12+. The van der Waals surface area contributed by atoms with Crippen molar-refractivity contribution >= 4 is 46.6 Å². The summed E-state index contributed by atoms with van der Waals surface area (Å²) in [5.41, 5.74) is 1.91. The van der Waals surface area contributed by atoms with Crippen molar-refractivity contribution in [3.63, 3.8) is 0 Å². The molecule has 1 N–H and O–H groups in total. The Morgan fingerprint density at radius 2 is 1.79 bits per heavy atom. The van der Waals surface area contributed by atoms with Crippen LogP contribution >= 0.6 is 12.2 Å². The van der Waals surface area contributed by atoms with Crippen molar-refractivity contribution in [2.45, 2.75) is 19.8 Å². The molecule has 8 nitrogen and oxygen atoms in total. The van der Waals surface area contributed by atoms with E-state index < -0.39 is 11.8 Å². The minimum Gasteiger partial charge on any atom is -0.496 e. The molecule has 178 valence electrons. The van der Waals surface area contributed by atoms with E-state index in [0.29, 0.717) is 35.1 Å². The zero-order valence-corrected chi connectivity index (χ0v) is 20.2. The highest BCUT2D eigenvalue weighted by atomic mass is 32.1. The van der Waals surface area contributed by atoms with E-state index in [-0.39, 0.29) is 10.7 Å². The lowest BCUT2D eigenvalue weighted by Crippen LogP contribution is -2.54. The van der Waals surface area contributed by atoms with Crippen LogP contribution in [0.4, 0.5) is 11.4 Å². The molecule has 0 aliphatic carbocycles. The zero-order valence-electron chi connectivity index (χ0n) is 19.4. The number of nitrogens with zero attached hydrogens (tertiary/aromatic N) is 2. The number of nitrogens with one attached hydrogen (secondary N) is 1. The number of rotatable bonds is 7. The van der Waals surface area contributed by atoms with Crippen molar-refractivity contribution in [2.24, 2.45) is 0 Å². The molecule has 2 aromatic rings. The predicted octanol–water partition coefficient (Wildman–Crippen LogP) is 3.53. The lowest BCUT2D eigenvalue weighted by atomic mass is 10.0. The van der Waals surface area contributed by atoms with Gasteiger partial charge < -0.3 is 19.1 Å². The van der Waals surface area contributed by atoms with Gasteiger partial charge in [0.2, 0.25) is 0 Å². The average Bonchev–Trinajstić information content (AvgIpc) is 3.36. The Hall–Kier alpha value is -3.59. The quantitative estimate of drug-likeness (QED) is 0.368. The summed E-state index contributed by atoms with van der Waals surface area (Å²) in [7, 11) is 3.16. The Bertz CT molecular complexity index is 1160. The molecule has 2 aliphatic heterocycles. The summed E-state index contributed by atoms with van der Waals surface area (Å²) in [6, 6.07) is 10.7. The molecular formula is C25H27N3O5S. The monoisotopic (exact) mass is 481 g/mol. The third kappa shape index (κ3) is 4.56. The maximum atomic E-state index is 13.4. The van der Waals surface area contributed by atoms with Crippen LogP contribution < -0.4 is 29.3 Å². The number of hydrogen-bond acceptors (Lipinski definition) is 7. The highest BCUT2D eigenvalue weighted by Gasteiger charge is 2.35. The minimum absolute atomic E-state index is 0.00900. The average molecular weight is 482 g/mol. The maximum Gasteiger partial charge on any atom is 0.270 e. The number of anilines is 2. The Labute approximate surface area is 204 Å². The zero-order chi connectivity index (χ0) is 24.2. The fourth-order valence-electron chi connectivity index (χ4n) is 4.15. The van der Waals surface area contributed by atoms with Crippen molar-refractivity contribution in [3.8, 4) is 17.2 Å². The number of carbonyl (C=O) groups is 2. The van der Waals surface area contributed by atoms with Gasteiger partial charge in [-0.3, -0.25) is 19.8 Å². The highest BCUT2D eigenvalue weighted by molar-refractivity contribution is 7.80. The number of methoxy groups -OCH3 is 2. The molecule has 2 fully saturated rings. The molecule has 2 aromatic carbocycles. The summed E-state index contributed by atoms with van der Waals surface area (Å²) >= 11 is 5.31. The smallest absolute Gasteiger partial charge is 0.270 e. The summed E-state index contributed by atoms with van der Waals surface area (Å²) in [4.78, 5) is 29.7. The van der Waals surface area contributed by atoms with Crippen molar-refractivity contribution in [1.82, 2.24) is 5.32 Å². The van der Waals surface area contributed by atoms with Gasteiger partial charge in [-0.1, -0.05) is 6.07 Å². The van der Waals surface area contributed by atoms with Gasteiger partial charge in [-0.2, -0.15) is 0 Å². The third-order valence-corrected chi connectivity index (χ3v) is 6.05. The van der Waals surface area contributed by atoms with Crippen LogP contribution in [0.5, 0.6) is 17.2 Å². The molecule has 4 rings (SSSR count). The molecular weight excluding hydrogens is 454 g/mol. The van der Waals surface area contributed by atoms with Crippen LogP contribution in [0, 0.1) is 0 Å². The molecule has 2 saturated heterocycles. The van der Waals surface area contributed by atoms with Crippen LogP contribution in [0.2, 0.25) is 0 Å². The molecule has 0 radical (unpaired) electrons. The van der Waals surface area contributed by atoms with E-state index in [9.17, 15) is 9.59 Å². The van der Waals surface area contributed by atoms with Gasteiger partial charge >= 0.3 is 0 Å². The topological polar surface area (TPSA) is 80.3 Å². The van der Waals surface area contributed by atoms with E-state index in [0.717, 1.165) is 31.6 Å². The van der Waals surface area contributed by atoms with E-state index in [1.807, 2.05) is 13.0 Å². The summed E-state index contributed by atoms with van der Waals surface area (Å²) in [5, 5.41) is 2.62. The van der Waals surface area contributed by atoms with E-state index in [4.69, 9.17) is 26.4 Å². The van der Waals surface area contributed by atoms with Gasteiger partial charge in [-0.25, -0.2) is 0 Å². The summed E-state index contributed by atoms with van der Waals surface area (Å²) < 4.78 is 16.8. The van der Waals surface area contributed by atoms with Crippen LogP contribution in [0.1, 0.15) is 25.3 Å². The van der Waals surface area contributed by atoms with Crippen LogP contribution in [0.15, 0.2) is 42.0 Å². The first-order valence-corrected chi connectivity index (χ1v) is 11.5. The number of hydrogen-bond donors (Lipinski definition) is 1. The molecule has 0 unspecified atom stereocenters. The Morgan fingerprint density at radius 1 is 1.06 bits per heavy atom. The first-order valence-electron chi connectivity index (χ1n) is 11.1. The Morgan fingerprint density at radius 3 is 2.47 bits per heavy atom. The summed E-state index contributed by atoms with van der Waals surface area (Å²) in [5.74, 6) is 0.676. The lowest BCUT2D eigenvalue weighted by Gasteiger charge is -2.29. The van der Waals surface area contributed by atoms with Crippen LogP contribution in [-0.4, -0.2) is 50.8 Å². The SMILES string of the molecule is CCOc1cccc(N2C(=O)/C(=C/c3cc(OC)c(N4CCCC4)cc3OC)C(=O)NC2=S)c1. The number of thiocarbonyl (C=S) groups is 1. The van der Waals surface area contributed by atoms with Gasteiger partial charge in [-0.05, 0) is 56.3 Å². The normalized spacial score (nSPS) is 17.3. The van der Waals surface area contributed by atoms with Crippen molar-refractivity contribution in [3.05, 3.63) is 47.5 Å². The Balaban J connectivity index is 1.74. The first-order chi connectivity index (χ1) is 16.5. The predicted molar refractivity (Wildman–Crippen MR) is 135 cm³/mol. The maximum absolute atomic E-state index is 13.4. The number of benzene rings is 2. The number of amides is 2. The van der Waals surface area contributed by atoms with Crippen molar-refractivity contribution < 1.29 is 23.8 Å². The number of carbonyl (C=O) groups excluding carboxylic acids is 2. The van der Waals surface area contributed by atoms with Crippen molar-refractivity contribution in [1.29, 1.82) is 0 Å². The van der Waals surface area contributed by atoms with E-state index in [1.54, 1.807) is 44.6 Å². The van der Waals surface area contributed by atoms with E-state index >= 15 is 0 Å². The molecule has 0 saturated carbocycles. The largest absolute Gasteiger partial charge is 0.496 e. The first kappa shape index (κ1) is 23.6.